The van der Waals surface area contributed by atoms with Crippen molar-refractivity contribution >= 4 is 50.0 Å². The molecule has 4 nitrogen and oxygen atoms in total. The molecule has 0 bridgehead atoms. The van der Waals surface area contributed by atoms with Gasteiger partial charge in [0.15, 0.2) is 11.6 Å². The summed E-state index contributed by atoms with van der Waals surface area (Å²) in [4.78, 5) is 8.22. The zero-order chi connectivity index (χ0) is 16.1. The van der Waals surface area contributed by atoms with Gasteiger partial charge < -0.3 is 9.84 Å². The number of ether oxygens (including phenoxy) is 1. The van der Waals surface area contributed by atoms with Crippen LogP contribution in [0.25, 0.3) is 10.9 Å². The summed E-state index contributed by atoms with van der Waals surface area (Å²) in [5.41, 5.74) is 0.685. The number of hydrogen-bond donors (Lipinski definition) is 1. The molecule has 2 aromatic rings. The first-order valence-corrected chi connectivity index (χ1v) is 8.20. The number of aliphatic hydroxyl groups is 1. The quantitative estimate of drug-likeness (QED) is 0.558. The first kappa shape index (κ1) is 16.3. The van der Waals surface area contributed by atoms with E-state index in [-0.39, 0.29) is 26.2 Å². The molecular weight excluding hydrogens is 398 g/mol. The van der Waals surface area contributed by atoms with Gasteiger partial charge in [0.1, 0.15) is 5.52 Å². The third-order valence-electron chi connectivity index (χ3n) is 3.72. The van der Waals surface area contributed by atoms with E-state index in [0.29, 0.717) is 30.5 Å². The van der Waals surface area contributed by atoms with E-state index in [1.54, 1.807) is 13.0 Å². The van der Waals surface area contributed by atoms with Crippen LogP contribution in [0.2, 0.25) is 10.3 Å². The Kier molecular flexibility index (Phi) is 4.33. The van der Waals surface area contributed by atoms with E-state index in [2.05, 4.69) is 25.9 Å². The Morgan fingerprint density at radius 1 is 1.45 bits per heavy atom. The Balaban J connectivity index is 2.21. The molecule has 1 aliphatic heterocycles. The van der Waals surface area contributed by atoms with E-state index < -0.39 is 11.6 Å². The summed E-state index contributed by atoms with van der Waals surface area (Å²) in [6.07, 6.45) is 0.985. The molecule has 2 atom stereocenters. The third kappa shape index (κ3) is 2.95. The molecule has 118 valence electrons. The molecule has 1 aromatic carbocycles. The molecule has 2 unspecified atom stereocenters. The Morgan fingerprint density at radius 3 is 2.86 bits per heavy atom. The van der Waals surface area contributed by atoms with Crippen LogP contribution < -0.4 is 0 Å². The van der Waals surface area contributed by atoms with Crippen molar-refractivity contribution in [3.8, 4) is 0 Å². The predicted octanol–water partition coefficient (Wildman–Crippen LogP) is 4.44. The van der Waals surface area contributed by atoms with Crippen LogP contribution in [0, 0.1) is 5.82 Å². The zero-order valence-electron chi connectivity index (χ0n) is 11.5. The van der Waals surface area contributed by atoms with Crippen molar-refractivity contribution in [2.75, 3.05) is 6.61 Å². The van der Waals surface area contributed by atoms with E-state index >= 15 is 0 Å². The van der Waals surface area contributed by atoms with Gasteiger partial charge in [0.25, 0.3) is 0 Å². The number of hydrogen-bond acceptors (Lipinski definition) is 4. The van der Waals surface area contributed by atoms with Crippen LogP contribution in [0.15, 0.2) is 10.5 Å². The van der Waals surface area contributed by atoms with E-state index in [4.69, 9.17) is 27.9 Å². The lowest BCUT2D eigenvalue weighted by molar-refractivity contribution is -0.215. The van der Waals surface area contributed by atoms with Gasteiger partial charge in [-0.1, -0.05) is 11.6 Å². The predicted molar refractivity (Wildman–Crippen MR) is 85.8 cm³/mol. The van der Waals surface area contributed by atoms with Crippen LogP contribution in [-0.2, 0) is 4.74 Å². The van der Waals surface area contributed by atoms with Crippen molar-refractivity contribution < 1.29 is 14.2 Å². The first-order valence-electron chi connectivity index (χ1n) is 6.65. The largest absolute Gasteiger partial charge is 0.366 e. The molecule has 0 radical (unpaired) electrons. The van der Waals surface area contributed by atoms with Gasteiger partial charge in [-0.15, -0.1) is 0 Å². The topological polar surface area (TPSA) is 55.2 Å². The maximum absolute atomic E-state index is 14.4. The summed E-state index contributed by atoms with van der Waals surface area (Å²) in [7, 11) is 0. The van der Waals surface area contributed by atoms with Crippen LogP contribution in [0.5, 0.6) is 0 Å². The van der Waals surface area contributed by atoms with E-state index in [1.807, 2.05) is 0 Å². The van der Waals surface area contributed by atoms with Crippen LogP contribution in [0.4, 0.5) is 4.39 Å². The van der Waals surface area contributed by atoms with Crippen molar-refractivity contribution in [2.45, 2.75) is 31.5 Å². The Hall–Kier alpha value is -0.530. The molecule has 8 heteroatoms. The summed E-state index contributed by atoms with van der Waals surface area (Å²) >= 11 is 15.1. The minimum Gasteiger partial charge on any atom is -0.366 e. The highest BCUT2D eigenvalue weighted by Gasteiger charge is 2.34. The summed E-state index contributed by atoms with van der Waals surface area (Å²) in [5, 5.41) is 10.8. The maximum atomic E-state index is 14.4. The molecular formula is C14H12BrCl2FN2O2. The zero-order valence-corrected chi connectivity index (χ0v) is 14.6. The molecule has 0 spiro atoms. The number of rotatable bonds is 1. The van der Waals surface area contributed by atoms with Crippen molar-refractivity contribution in [2.24, 2.45) is 0 Å². The second kappa shape index (κ2) is 5.83. The molecule has 1 aromatic heterocycles. The highest BCUT2D eigenvalue weighted by molar-refractivity contribution is 9.10. The average molecular weight is 410 g/mol. The molecule has 22 heavy (non-hydrogen) atoms. The minimum atomic E-state index is -1.25. The van der Waals surface area contributed by atoms with Crippen molar-refractivity contribution in [1.82, 2.24) is 9.97 Å². The average Bonchev–Trinajstić information content (AvgIpc) is 2.44. The van der Waals surface area contributed by atoms with Crippen molar-refractivity contribution in [1.29, 1.82) is 0 Å². The molecule has 3 rings (SSSR count). The third-order valence-corrected chi connectivity index (χ3v) is 5.19. The number of aromatic nitrogens is 2. The molecule has 0 aliphatic carbocycles. The Labute approximate surface area is 144 Å². The Bertz CT molecular complexity index is 757. The fraction of sp³-hybridized carbons (Fsp3) is 0.429. The molecule has 0 amide bonds. The molecule has 0 saturated carbocycles. The molecule has 1 saturated heterocycles. The minimum absolute atomic E-state index is 0.0400. The molecule has 1 fully saturated rings. The van der Waals surface area contributed by atoms with Crippen molar-refractivity contribution in [3.05, 3.63) is 32.4 Å². The van der Waals surface area contributed by atoms with Crippen LogP contribution in [-0.4, -0.2) is 27.5 Å². The highest BCUT2D eigenvalue weighted by atomic mass is 79.9. The van der Waals surface area contributed by atoms with Gasteiger partial charge in [0.2, 0.25) is 5.28 Å². The fourth-order valence-corrected chi connectivity index (χ4v) is 3.42. The Morgan fingerprint density at radius 2 is 2.18 bits per heavy atom. The van der Waals surface area contributed by atoms with Gasteiger partial charge in [0.05, 0.1) is 21.8 Å². The second-order valence-electron chi connectivity index (χ2n) is 5.47. The second-order valence-corrected chi connectivity index (χ2v) is 7.01. The van der Waals surface area contributed by atoms with Gasteiger partial charge in [-0.25, -0.2) is 14.4 Å². The van der Waals surface area contributed by atoms with Gasteiger partial charge in [-0.05, 0) is 46.9 Å². The van der Waals surface area contributed by atoms with Crippen LogP contribution in [0.1, 0.15) is 31.4 Å². The lowest BCUT2D eigenvalue weighted by atomic mass is 9.89. The van der Waals surface area contributed by atoms with E-state index in [0.717, 1.165) is 0 Å². The fourth-order valence-electron chi connectivity index (χ4n) is 2.75. The summed E-state index contributed by atoms with van der Waals surface area (Å²) < 4.78 is 19.8. The molecule has 1 aliphatic rings. The SMILES string of the molecule is CC1(O)CC(c2nc(Cl)nc3c(F)c(Br)c(Cl)cc23)CCO1. The van der Waals surface area contributed by atoms with Crippen molar-refractivity contribution in [3.63, 3.8) is 0 Å². The summed E-state index contributed by atoms with van der Waals surface area (Å²) in [6.45, 7) is 1.97. The van der Waals surface area contributed by atoms with E-state index in [1.165, 1.54) is 0 Å². The molecule has 1 N–H and O–H groups in total. The van der Waals surface area contributed by atoms with Gasteiger partial charge in [-0.2, -0.15) is 0 Å². The summed E-state index contributed by atoms with van der Waals surface area (Å²) in [6, 6.07) is 1.61. The van der Waals surface area contributed by atoms with Gasteiger partial charge in [0, 0.05) is 17.7 Å². The lowest BCUT2D eigenvalue weighted by Gasteiger charge is -2.34. The van der Waals surface area contributed by atoms with Crippen LogP contribution in [0.3, 0.4) is 0 Å². The normalized spacial score (nSPS) is 25.6. The molecule has 2 heterocycles. The lowest BCUT2D eigenvalue weighted by Crippen LogP contribution is -2.36. The number of nitrogens with zero attached hydrogens (tertiary/aromatic N) is 2. The summed E-state index contributed by atoms with van der Waals surface area (Å²) in [5.74, 6) is -1.94. The standard InChI is InChI=1S/C14H12BrCl2FN2O2/c1-14(21)5-6(2-3-22-14)11-7-4-8(16)9(15)10(18)12(7)20-13(17)19-11/h4,6,21H,2-3,5H2,1H3. The number of halogens is 4. The maximum Gasteiger partial charge on any atom is 0.223 e. The smallest absolute Gasteiger partial charge is 0.223 e. The van der Waals surface area contributed by atoms with Gasteiger partial charge in [-0.3, -0.25) is 0 Å². The first-order chi connectivity index (χ1) is 10.3. The van der Waals surface area contributed by atoms with Gasteiger partial charge >= 0.3 is 0 Å². The number of fused-ring (bicyclic) bond motifs is 1. The monoisotopic (exact) mass is 408 g/mol. The highest BCUT2D eigenvalue weighted by Crippen LogP contribution is 2.39. The number of benzene rings is 1. The van der Waals surface area contributed by atoms with E-state index in [9.17, 15) is 9.50 Å². The van der Waals surface area contributed by atoms with Crippen LogP contribution >= 0.6 is 39.1 Å².